The molecule has 5 rings (SSSR count). The lowest BCUT2D eigenvalue weighted by atomic mass is 9.85. The third-order valence-electron chi connectivity index (χ3n) is 22.0. The van der Waals surface area contributed by atoms with Gasteiger partial charge in [-0.1, -0.05) is 52.8 Å². The van der Waals surface area contributed by atoms with E-state index in [0.29, 0.717) is 18.2 Å². The number of rotatable bonds is 50. The Morgan fingerprint density at radius 1 is 0.472 bits per heavy atom. The molecule has 0 aromatic heterocycles. The maximum absolute atomic E-state index is 14.8. The first-order valence-corrected chi connectivity index (χ1v) is 41.9. The minimum Gasteiger partial charge on any atom is -0.481 e. The van der Waals surface area contributed by atoms with Gasteiger partial charge < -0.3 is 178 Å². The van der Waals surface area contributed by atoms with Gasteiger partial charge in [-0.2, -0.15) is 0 Å². The predicted molar refractivity (Wildman–Crippen MR) is 422 cm³/mol. The van der Waals surface area contributed by atoms with E-state index in [9.17, 15) is 149 Å². The second-order valence-corrected chi connectivity index (χ2v) is 33.3. The maximum Gasteiger partial charge on any atom is 0.304 e. The van der Waals surface area contributed by atoms with Crippen molar-refractivity contribution >= 4 is 93.4 Å². The number of hydrogen-bond acceptors (Lipinski definition) is 39. The lowest BCUT2D eigenvalue weighted by Crippen LogP contribution is -2.71. The highest BCUT2D eigenvalue weighted by atomic mass is 32.2. The van der Waals surface area contributed by atoms with Gasteiger partial charge in [0.05, 0.1) is 63.6 Å². The second kappa shape index (κ2) is 51.2. The first-order chi connectivity index (χ1) is 58.7. The number of nitrogens with one attached hydrogen (secondary N) is 6. The summed E-state index contributed by atoms with van der Waals surface area (Å²) in [5, 5.41) is 197. The molecule has 0 spiro atoms. The number of carboxylic acids is 2. The van der Waals surface area contributed by atoms with Crippen LogP contribution in [-0.2, 0) is 105 Å². The Morgan fingerprint density at radius 2 is 0.960 bits per heavy atom. The van der Waals surface area contributed by atoms with Crippen LogP contribution in [0.25, 0.3) is 0 Å². The second-order valence-electron chi connectivity index (χ2n) is 32.0. The standard InChI is InChI=1S/C76H125N9O39S/c1-10-29(5)37(17-30(6)90)69(114)85-51(31(7)91)42(96)18-34(21-50(100)101)67(112)82-39(14-15-49(98)99)41(95)22-36(28(3)4)68(113)83-38(13-12-16-79-76(77)78)40(94)19-35(71(115)125-11-2)20-48(97)84-70-52(80-32(8)92)57(105)64(45(25-88)117-70)122-72-53(81-33(9)93)58(106)65(46(26-89)120-72)123-75-63(111)66(124-74-62(110)60(108)55(103)44(24-87)119-74)56(104)47(121-75)27-116-73-61(109)59(107)54(102)43(23-86)118-73/h28-29,31,34-39,43-47,51-66,70,72-75,86-89,91,102-111H,10-27H2,1-9H3,(H,80,92)(H,81,93)(H,82,112)(H,83,113)(H,84,97)(H,85,114)(H,98,99)(H,100,101)(H4,77,78,79)/t29?,31?,34-,35-,36-,37-,38-,39-,43?,44-,45?,46?,47?,51-,52?,53?,54+,55+,56+,57+,58+,59-,60?,61?,62?,63?,64+,65+,66-,70+,72-,73-,74+,75-/m0/s1. The molecule has 5 fully saturated rings. The number of carbonyl (C=O) groups is 13. The van der Waals surface area contributed by atoms with Crippen LogP contribution in [0.2, 0.25) is 0 Å². The number of thioether (sulfide) groups is 1. The van der Waals surface area contributed by atoms with Gasteiger partial charge in [0, 0.05) is 76.7 Å². The molecular weight excluding hydrogens is 1690 g/mol. The van der Waals surface area contributed by atoms with E-state index in [1.165, 1.54) is 20.8 Å². The normalized spacial score (nSPS) is 32.2. The fourth-order valence-corrected chi connectivity index (χ4v) is 15.6. The van der Waals surface area contributed by atoms with Crippen LogP contribution in [0.15, 0.2) is 4.99 Å². The van der Waals surface area contributed by atoms with Crippen LogP contribution in [-0.4, -0.2) is 391 Å². The summed E-state index contributed by atoms with van der Waals surface area (Å²) in [5.74, 6) is -19.5. The molecule has 12 unspecified atom stereocenters. The van der Waals surface area contributed by atoms with Crippen molar-refractivity contribution in [3.8, 4) is 0 Å². The van der Waals surface area contributed by atoms with Crippen LogP contribution in [0.3, 0.4) is 0 Å². The van der Waals surface area contributed by atoms with E-state index in [1.54, 1.807) is 20.8 Å². The number of aliphatic hydroxyl groups excluding tert-OH is 15. The quantitative estimate of drug-likeness (QED) is 0.0153. The fourth-order valence-electron chi connectivity index (χ4n) is 14.9. The number of hydrogen-bond donors (Lipinski definition) is 25. The number of ether oxygens (including phenoxy) is 9. The molecule has 0 aromatic carbocycles. The molecule has 125 heavy (non-hydrogen) atoms. The summed E-state index contributed by atoms with van der Waals surface area (Å²) < 4.78 is 52.6. The van der Waals surface area contributed by atoms with Crippen molar-refractivity contribution in [3.63, 3.8) is 0 Å². The maximum atomic E-state index is 14.8. The highest BCUT2D eigenvalue weighted by molar-refractivity contribution is 8.13. The van der Waals surface area contributed by atoms with Gasteiger partial charge in [-0.3, -0.25) is 62.5 Å². The van der Waals surface area contributed by atoms with Crippen molar-refractivity contribution in [2.24, 2.45) is 52.0 Å². The first kappa shape index (κ1) is 108. The number of carboxylic acid groups (broad SMARTS) is 2. The Bertz CT molecular complexity index is 3610. The number of Topliss-reactive ketones (excluding diaryl/α,β-unsaturated/α-hetero) is 4. The molecule has 5 aliphatic heterocycles. The zero-order valence-corrected chi connectivity index (χ0v) is 71.3. The average Bonchev–Trinajstić information content (AvgIpc) is 0.762. The molecule has 5 heterocycles. The SMILES string of the molecule is CCSC(=O)[C@H](CC(=O)N[C@@H]1OC(CO)[C@@H](O[C@@H]2OC(CO)[C@@H](O[C@@H]3OC(CO[C@H]4OC(CO)[C@@H](O)[C@H](O)C4O)[C@@H](O)[C@H](O[C@H]4O[C@@H](CO)[C@@H](O)C(O)C4O)C3O)[C@H](O)C2NC(C)=O)[C@H](O)C1NC(C)=O)CC(=O)[C@H](CCCN=C(N)N)NC(=O)[C@@H](CC(=O)[C@H](CCC(=O)O)NC(=O)[C@H](CC(=O)O)CC(=O)[C@@H](NC(=O)[C@@H](CC(C)=O)C(C)CC)C(C)O)C(C)C. The number of aliphatic hydroxyl groups is 15. The van der Waals surface area contributed by atoms with E-state index in [-0.39, 0.29) is 49.2 Å². The van der Waals surface area contributed by atoms with Crippen LogP contribution >= 0.6 is 11.8 Å². The van der Waals surface area contributed by atoms with E-state index in [1.807, 2.05) is 0 Å². The number of ketones is 4. The minimum absolute atomic E-state index is 0.0403. The van der Waals surface area contributed by atoms with Gasteiger partial charge in [-0.15, -0.1) is 0 Å². The molecule has 6 amide bonds. The average molecular weight is 1820 g/mol. The Labute approximate surface area is 722 Å². The summed E-state index contributed by atoms with van der Waals surface area (Å²) in [4.78, 5) is 180. The molecule has 0 bridgehead atoms. The number of amides is 6. The highest BCUT2D eigenvalue weighted by Gasteiger charge is 2.58. The van der Waals surface area contributed by atoms with Gasteiger partial charge in [0.1, 0.15) is 134 Å². The number of nitrogens with zero attached hydrogens (tertiary/aromatic N) is 1. The van der Waals surface area contributed by atoms with E-state index in [0.717, 1.165) is 20.8 Å². The lowest BCUT2D eigenvalue weighted by Gasteiger charge is -2.50. The van der Waals surface area contributed by atoms with Crippen LogP contribution in [0.4, 0.5) is 0 Å². The molecule has 0 radical (unpaired) electrons. The molecule has 714 valence electrons. The zero-order chi connectivity index (χ0) is 94.0. The van der Waals surface area contributed by atoms with Crippen molar-refractivity contribution in [2.45, 2.75) is 311 Å². The largest absolute Gasteiger partial charge is 0.481 e. The van der Waals surface area contributed by atoms with E-state index >= 15 is 0 Å². The van der Waals surface area contributed by atoms with Crippen LogP contribution in [0.5, 0.6) is 0 Å². The summed E-state index contributed by atoms with van der Waals surface area (Å²) in [7, 11) is 0. The molecular formula is C76H125N9O39S. The van der Waals surface area contributed by atoms with Gasteiger partial charge in [-0.05, 0) is 50.7 Å². The van der Waals surface area contributed by atoms with Gasteiger partial charge in [0.2, 0.25) is 35.4 Å². The lowest BCUT2D eigenvalue weighted by molar-refractivity contribution is -0.383. The summed E-state index contributed by atoms with van der Waals surface area (Å²) in [6.45, 7) is 7.08. The van der Waals surface area contributed by atoms with Crippen LogP contribution in [0.1, 0.15) is 133 Å². The van der Waals surface area contributed by atoms with Gasteiger partial charge >= 0.3 is 11.9 Å². The molecule has 5 saturated heterocycles. The van der Waals surface area contributed by atoms with Crippen molar-refractivity contribution < 1.29 is 192 Å². The predicted octanol–water partition coefficient (Wildman–Crippen LogP) is -10.6. The van der Waals surface area contributed by atoms with E-state index in [2.05, 4.69) is 36.9 Å². The summed E-state index contributed by atoms with van der Waals surface area (Å²) in [6, 6.07) is -8.80. The molecule has 0 saturated carbocycles. The third-order valence-corrected chi connectivity index (χ3v) is 22.9. The summed E-state index contributed by atoms with van der Waals surface area (Å²) in [6.07, 6.45) is -53.5. The van der Waals surface area contributed by atoms with Crippen LogP contribution < -0.4 is 43.4 Å². The van der Waals surface area contributed by atoms with Gasteiger partial charge in [0.15, 0.2) is 59.8 Å². The van der Waals surface area contributed by atoms with Crippen molar-refractivity contribution in [3.05, 3.63) is 0 Å². The van der Waals surface area contributed by atoms with Crippen molar-refractivity contribution in [1.29, 1.82) is 0 Å². The van der Waals surface area contributed by atoms with Crippen LogP contribution in [0, 0.1) is 35.5 Å². The number of aliphatic carboxylic acids is 2. The monoisotopic (exact) mass is 1820 g/mol. The van der Waals surface area contributed by atoms with E-state index in [4.69, 9.17) is 54.1 Å². The Kier molecular flexibility index (Phi) is 44.4. The Hall–Kier alpha value is -7.23. The van der Waals surface area contributed by atoms with Crippen molar-refractivity contribution in [1.82, 2.24) is 31.9 Å². The number of guanidine groups is 1. The zero-order valence-electron chi connectivity index (χ0n) is 70.5. The number of nitrogens with two attached hydrogens (primary N) is 2. The molecule has 48 nitrogen and oxygen atoms in total. The highest BCUT2D eigenvalue weighted by Crippen LogP contribution is 2.37. The summed E-state index contributed by atoms with van der Waals surface area (Å²) >= 11 is 0.678. The fraction of sp³-hybridized carbons (Fsp3) is 0.816. The van der Waals surface area contributed by atoms with Gasteiger partial charge in [-0.25, -0.2) is 0 Å². The topological polar surface area (TPSA) is 785 Å². The first-order valence-electron chi connectivity index (χ1n) is 40.9. The molecule has 5 aliphatic rings. The summed E-state index contributed by atoms with van der Waals surface area (Å²) in [5.41, 5.74) is 11.1. The Morgan fingerprint density at radius 3 is 1.49 bits per heavy atom. The van der Waals surface area contributed by atoms with Crippen molar-refractivity contribution in [2.75, 3.05) is 45.3 Å². The molecule has 49 heteroatoms. The smallest absolute Gasteiger partial charge is 0.304 e. The number of aliphatic imine (C=N–C) groups is 1. The number of carbonyl (C=O) groups excluding carboxylic acids is 11. The third kappa shape index (κ3) is 31.0. The molecule has 34 atom stereocenters. The van der Waals surface area contributed by atoms with E-state index < -0.39 is 355 Å². The molecule has 0 aromatic rings. The van der Waals surface area contributed by atoms with Gasteiger partial charge in [0.25, 0.3) is 0 Å². The minimum atomic E-state index is -2.33. The molecule has 0 aliphatic carbocycles. The molecule has 27 N–H and O–H groups in total. The Balaban J connectivity index is 1.38.